The van der Waals surface area contributed by atoms with Crippen molar-refractivity contribution in [2.75, 3.05) is 5.75 Å². The van der Waals surface area contributed by atoms with Crippen molar-refractivity contribution in [1.82, 2.24) is 0 Å². The van der Waals surface area contributed by atoms with Crippen LogP contribution in [0.1, 0.15) is 82.8 Å². The second-order valence-corrected chi connectivity index (χ2v) is 8.95. The Morgan fingerprint density at radius 2 is 2.08 bits per heavy atom. The van der Waals surface area contributed by atoms with Crippen LogP contribution in [0.2, 0.25) is 0 Å². The maximum atomic E-state index is 12.5. The van der Waals surface area contributed by atoms with Gasteiger partial charge in [-0.2, -0.15) is 0 Å². The number of aromatic hydroxyl groups is 1. The third-order valence-corrected chi connectivity index (χ3v) is 7.05. The molecule has 1 aromatic carbocycles. The molecule has 3 rings (SSSR count). The van der Waals surface area contributed by atoms with E-state index in [1.54, 1.807) is 11.8 Å². The lowest BCUT2D eigenvalue weighted by Gasteiger charge is -2.24. The van der Waals surface area contributed by atoms with Gasteiger partial charge in [0.15, 0.2) is 0 Å². The predicted octanol–water partition coefficient (Wildman–Crippen LogP) is 6.42. The molecule has 4 heteroatoms. The van der Waals surface area contributed by atoms with E-state index in [0.717, 1.165) is 28.7 Å². The SMILES string of the molecule is CCCCCC(C)C(C)c1cc(O)c2c3c(c(=O)oc2c1)SCCC3C. The number of fused-ring (bicyclic) bond motifs is 3. The molecule has 3 nitrogen and oxygen atoms in total. The summed E-state index contributed by atoms with van der Waals surface area (Å²) in [5, 5.41) is 11.5. The lowest BCUT2D eigenvalue weighted by atomic mass is 9.84. The molecule has 0 radical (unpaired) electrons. The van der Waals surface area contributed by atoms with E-state index in [9.17, 15) is 9.90 Å². The summed E-state index contributed by atoms with van der Waals surface area (Å²) >= 11 is 1.55. The van der Waals surface area contributed by atoms with Gasteiger partial charge in [0.05, 0.1) is 10.3 Å². The molecule has 1 aliphatic rings. The second-order valence-electron chi connectivity index (χ2n) is 7.85. The van der Waals surface area contributed by atoms with Crippen LogP contribution in [0.5, 0.6) is 5.75 Å². The van der Waals surface area contributed by atoms with E-state index < -0.39 is 0 Å². The number of unbranched alkanes of at least 4 members (excludes halogenated alkanes) is 2. The van der Waals surface area contributed by atoms with E-state index in [4.69, 9.17) is 4.42 Å². The molecule has 3 atom stereocenters. The number of phenols is 1. The zero-order valence-corrected chi connectivity index (χ0v) is 17.1. The van der Waals surface area contributed by atoms with Crippen LogP contribution < -0.4 is 5.63 Å². The van der Waals surface area contributed by atoms with Crippen LogP contribution in [0.25, 0.3) is 11.0 Å². The quantitative estimate of drug-likeness (QED) is 0.468. The number of hydrogen-bond acceptors (Lipinski definition) is 4. The highest BCUT2D eigenvalue weighted by Gasteiger charge is 2.27. The summed E-state index contributed by atoms with van der Waals surface area (Å²) in [6, 6.07) is 3.86. The van der Waals surface area contributed by atoms with Gasteiger partial charge in [-0.25, -0.2) is 4.79 Å². The molecular formula is C22H30O3S. The molecule has 1 aromatic heterocycles. The molecule has 2 heterocycles. The first-order valence-corrected chi connectivity index (χ1v) is 10.9. The minimum atomic E-state index is -0.260. The molecule has 0 saturated carbocycles. The van der Waals surface area contributed by atoms with Gasteiger partial charge in [0.25, 0.3) is 0 Å². The molecule has 0 aliphatic carbocycles. The Morgan fingerprint density at radius 1 is 1.31 bits per heavy atom. The molecule has 0 bridgehead atoms. The topological polar surface area (TPSA) is 50.4 Å². The maximum Gasteiger partial charge on any atom is 0.350 e. The number of hydrogen-bond donors (Lipinski definition) is 1. The van der Waals surface area contributed by atoms with Gasteiger partial charge in [-0.15, -0.1) is 11.8 Å². The molecule has 0 fully saturated rings. The van der Waals surface area contributed by atoms with Gasteiger partial charge in [-0.3, -0.25) is 0 Å². The molecule has 0 spiro atoms. The third kappa shape index (κ3) is 3.66. The smallest absolute Gasteiger partial charge is 0.350 e. The van der Waals surface area contributed by atoms with Crippen molar-refractivity contribution in [2.45, 2.75) is 76.5 Å². The molecule has 3 unspecified atom stereocenters. The minimum absolute atomic E-state index is 0.249. The fourth-order valence-corrected chi connectivity index (χ4v) is 5.28. The van der Waals surface area contributed by atoms with Crippen molar-refractivity contribution in [2.24, 2.45) is 5.92 Å². The predicted molar refractivity (Wildman–Crippen MR) is 110 cm³/mol. The Labute approximate surface area is 160 Å². The van der Waals surface area contributed by atoms with E-state index >= 15 is 0 Å². The fraction of sp³-hybridized carbons (Fsp3) is 0.591. The van der Waals surface area contributed by atoms with E-state index in [2.05, 4.69) is 27.7 Å². The highest BCUT2D eigenvalue weighted by atomic mass is 32.2. The van der Waals surface area contributed by atoms with Gasteiger partial charge < -0.3 is 9.52 Å². The van der Waals surface area contributed by atoms with E-state index in [0.29, 0.717) is 22.3 Å². The van der Waals surface area contributed by atoms with Gasteiger partial charge >= 0.3 is 5.63 Å². The number of rotatable bonds is 6. The highest BCUT2D eigenvalue weighted by Crippen LogP contribution is 2.43. The molecule has 1 N–H and O–H groups in total. The Morgan fingerprint density at radius 3 is 2.81 bits per heavy atom. The Hall–Kier alpha value is -1.42. The number of thioether (sulfide) groups is 1. The van der Waals surface area contributed by atoms with Crippen molar-refractivity contribution in [3.8, 4) is 5.75 Å². The average Bonchev–Trinajstić information content (AvgIpc) is 2.61. The first-order valence-electron chi connectivity index (χ1n) is 9.90. The van der Waals surface area contributed by atoms with Crippen LogP contribution in [0.3, 0.4) is 0 Å². The second kappa shape index (κ2) is 8.08. The lowest BCUT2D eigenvalue weighted by Crippen LogP contribution is -2.14. The standard InChI is InChI=1S/C22H30O3S/c1-5-6-7-8-13(2)15(4)16-11-17(23)20-18(12-16)25-22(24)21-19(20)14(3)9-10-26-21/h11-15,23H,5-10H2,1-4H3. The summed E-state index contributed by atoms with van der Waals surface area (Å²) in [5.41, 5.74) is 2.30. The fourth-order valence-electron chi connectivity index (χ4n) is 3.99. The molecule has 142 valence electrons. The van der Waals surface area contributed by atoms with Crippen molar-refractivity contribution in [3.05, 3.63) is 33.7 Å². The monoisotopic (exact) mass is 374 g/mol. The summed E-state index contributed by atoms with van der Waals surface area (Å²) in [5.74, 6) is 2.28. The van der Waals surface area contributed by atoms with Gasteiger partial charge in [0, 0.05) is 0 Å². The van der Waals surface area contributed by atoms with Crippen LogP contribution in [-0.4, -0.2) is 10.9 Å². The Bertz CT molecular complexity index is 839. The van der Waals surface area contributed by atoms with E-state index in [1.807, 2.05) is 12.1 Å². The summed E-state index contributed by atoms with van der Waals surface area (Å²) < 4.78 is 5.62. The van der Waals surface area contributed by atoms with Gasteiger partial charge in [0.1, 0.15) is 11.3 Å². The largest absolute Gasteiger partial charge is 0.507 e. The third-order valence-electron chi connectivity index (χ3n) is 5.94. The zero-order chi connectivity index (χ0) is 18.8. The average molecular weight is 375 g/mol. The first kappa shape index (κ1) is 19.3. The highest BCUT2D eigenvalue weighted by molar-refractivity contribution is 7.99. The van der Waals surface area contributed by atoms with Crippen molar-refractivity contribution in [3.63, 3.8) is 0 Å². The summed E-state index contributed by atoms with van der Waals surface area (Å²) in [6.07, 6.45) is 5.91. The van der Waals surface area contributed by atoms with Crippen LogP contribution in [0.15, 0.2) is 26.2 Å². The summed E-state index contributed by atoms with van der Waals surface area (Å²) in [4.78, 5) is 13.1. The van der Waals surface area contributed by atoms with Gasteiger partial charge in [-0.1, -0.05) is 53.4 Å². The lowest BCUT2D eigenvalue weighted by molar-refractivity contribution is 0.427. The molecule has 0 amide bonds. The van der Waals surface area contributed by atoms with Crippen LogP contribution in [0.4, 0.5) is 0 Å². The summed E-state index contributed by atoms with van der Waals surface area (Å²) in [7, 11) is 0. The van der Waals surface area contributed by atoms with Crippen molar-refractivity contribution < 1.29 is 9.52 Å². The molecule has 0 saturated heterocycles. The normalized spacial score (nSPS) is 19.3. The zero-order valence-electron chi connectivity index (χ0n) is 16.3. The molecule has 2 aromatic rings. The van der Waals surface area contributed by atoms with Gasteiger partial charge in [-0.05, 0) is 53.2 Å². The Balaban J connectivity index is 2.02. The van der Waals surface area contributed by atoms with E-state index in [1.165, 1.54) is 25.7 Å². The van der Waals surface area contributed by atoms with Crippen LogP contribution >= 0.6 is 11.8 Å². The molecule has 1 aliphatic heterocycles. The van der Waals surface area contributed by atoms with Gasteiger partial charge in [0.2, 0.25) is 0 Å². The van der Waals surface area contributed by atoms with E-state index in [-0.39, 0.29) is 17.3 Å². The minimum Gasteiger partial charge on any atom is -0.507 e. The Kier molecular flexibility index (Phi) is 6.01. The molecule has 26 heavy (non-hydrogen) atoms. The summed E-state index contributed by atoms with van der Waals surface area (Å²) in [6.45, 7) is 8.82. The van der Waals surface area contributed by atoms with Crippen molar-refractivity contribution in [1.29, 1.82) is 0 Å². The van der Waals surface area contributed by atoms with Crippen LogP contribution in [0, 0.1) is 5.92 Å². The molecular weight excluding hydrogens is 344 g/mol. The maximum absolute atomic E-state index is 12.5. The van der Waals surface area contributed by atoms with Crippen LogP contribution in [-0.2, 0) is 0 Å². The number of benzene rings is 1. The number of phenolic OH excluding ortho intramolecular Hbond substituents is 1. The van der Waals surface area contributed by atoms with Crippen molar-refractivity contribution >= 4 is 22.7 Å². The first-order chi connectivity index (χ1) is 12.4.